The van der Waals surface area contributed by atoms with Crippen molar-refractivity contribution in [3.63, 3.8) is 0 Å². The van der Waals surface area contributed by atoms with Crippen molar-refractivity contribution in [1.29, 1.82) is 5.26 Å². The Morgan fingerprint density at radius 2 is 2.25 bits per heavy atom. The second-order valence-corrected chi connectivity index (χ2v) is 5.24. The summed E-state index contributed by atoms with van der Waals surface area (Å²) in [4.78, 5) is 0. The second-order valence-electron chi connectivity index (χ2n) is 4.81. The molecule has 3 N–H and O–H groups in total. The van der Waals surface area contributed by atoms with Crippen LogP contribution in [0.3, 0.4) is 0 Å². The maximum atomic E-state index is 9.19. The maximum Gasteiger partial charge on any atom is 0.168 e. The number of nitriles is 1. The molecule has 0 aliphatic carbocycles. The first-order valence-corrected chi connectivity index (χ1v) is 6.66. The molecule has 0 fully saturated rings. The van der Waals surface area contributed by atoms with Gasteiger partial charge in [-0.3, -0.25) is 0 Å². The number of aromatic nitrogens is 2. The number of benzene rings is 1. The van der Waals surface area contributed by atoms with Crippen LogP contribution in [0.1, 0.15) is 25.0 Å². The molecular formula is C14H16ClN5. The van der Waals surface area contributed by atoms with Crippen LogP contribution >= 0.6 is 11.6 Å². The summed E-state index contributed by atoms with van der Waals surface area (Å²) in [5, 5.41) is 17.3. The first kappa shape index (κ1) is 14.2. The van der Waals surface area contributed by atoms with E-state index in [0.717, 1.165) is 5.56 Å². The number of nitrogens with zero attached hydrogens (tertiary/aromatic N) is 3. The van der Waals surface area contributed by atoms with Crippen LogP contribution in [0.5, 0.6) is 0 Å². The minimum Gasteiger partial charge on any atom is -0.383 e. The predicted molar refractivity (Wildman–Crippen MR) is 80.7 cm³/mol. The molecule has 0 saturated carbocycles. The van der Waals surface area contributed by atoms with Gasteiger partial charge in [-0.15, -0.1) is 0 Å². The van der Waals surface area contributed by atoms with E-state index in [0.29, 0.717) is 28.8 Å². The van der Waals surface area contributed by atoms with E-state index >= 15 is 0 Å². The fourth-order valence-electron chi connectivity index (χ4n) is 1.89. The highest BCUT2D eigenvalue weighted by Gasteiger charge is 2.16. The van der Waals surface area contributed by atoms with E-state index in [2.05, 4.69) is 16.5 Å². The summed E-state index contributed by atoms with van der Waals surface area (Å²) in [7, 11) is 0. The molecule has 0 unspecified atom stereocenters. The fraction of sp³-hybridized carbons (Fsp3) is 0.286. The van der Waals surface area contributed by atoms with Gasteiger partial charge in [0.1, 0.15) is 17.5 Å². The third kappa shape index (κ3) is 3.03. The maximum absolute atomic E-state index is 9.19. The molecule has 0 aliphatic heterocycles. The van der Waals surface area contributed by atoms with Crippen LogP contribution in [-0.4, -0.2) is 15.8 Å². The number of hydrogen-bond acceptors (Lipinski definition) is 4. The zero-order valence-corrected chi connectivity index (χ0v) is 12.1. The van der Waals surface area contributed by atoms with Crippen LogP contribution in [-0.2, 0) is 6.54 Å². The highest BCUT2D eigenvalue weighted by molar-refractivity contribution is 6.30. The molecule has 104 valence electrons. The number of halogens is 1. The van der Waals surface area contributed by atoms with E-state index in [9.17, 15) is 5.26 Å². The van der Waals surface area contributed by atoms with Gasteiger partial charge in [0, 0.05) is 11.1 Å². The molecule has 1 aromatic heterocycles. The summed E-state index contributed by atoms with van der Waals surface area (Å²) in [5.41, 5.74) is 7.34. The van der Waals surface area contributed by atoms with Crippen LogP contribution < -0.4 is 11.1 Å². The van der Waals surface area contributed by atoms with Crippen molar-refractivity contribution in [3.05, 3.63) is 40.4 Å². The van der Waals surface area contributed by atoms with Crippen molar-refractivity contribution in [2.45, 2.75) is 26.4 Å². The summed E-state index contributed by atoms with van der Waals surface area (Å²) in [6.45, 7) is 4.43. The highest BCUT2D eigenvalue weighted by atomic mass is 35.5. The van der Waals surface area contributed by atoms with Gasteiger partial charge in [0.15, 0.2) is 5.82 Å². The van der Waals surface area contributed by atoms with Crippen LogP contribution in [0.15, 0.2) is 24.3 Å². The van der Waals surface area contributed by atoms with Gasteiger partial charge in [-0.05, 0) is 31.5 Å². The number of nitrogens with one attached hydrogen (secondary N) is 1. The van der Waals surface area contributed by atoms with Crippen LogP contribution in [0.25, 0.3) is 0 Å². The van der Waals surface area contributed by atoms with E-state index in [1.54, 1.807) is 4.68 Å². The van der Waals surface area contributed by atoms with E-state index in [-0.39, 0.29) is 6.04 Å². The molecule has 0 amide bonds. The lowest BCUT2D eigenvalue weighted by Crippen LogP contribution is -2.11. The van der Waals surface area contributed by atoms with Gasteiger partial charge in [-0.2, -0.15) is 10.4 Å². The standard InChI is InChI=1S/C14H16ClN5/c1-9(2)18-14-12(7-16)13(17)20(19-14)8-10-4-3-5-11(15)6-10/h3-6,9H,8,17H2,1-2H3,(H,18,19). The van der Waals surface area contributed by atoms with Crippen molar-refractivity contribution < 1.29 is 0 Å². The van der Waals surface area contributed by atoms with Gasteiger partial charge < -0.3 is 11.1 Å². The van der Waals surface area contributed by atoms with E-state index in [1.165, 1.54) is 0 Å². The Bertz CT molecular complexity index is 654. The highest BCUT2D eigenvalue weighted by Crippen LogP contribution is 2.22. The van der Waals surface area contributed by atoms with E-state index in [4.69, 9.17) is 17.3 Å². The lowest BCUT2D eigenvalue weighted by atomic mass is 10.2. The Balaban J connectivity index is 2.33. The molecule has 0 saturated heterocycles. The summed E-state index contributed by atoms with van der Waals surface area (Å²) in [6, 6.07) is 9.74. The van der Waals surface area contributed by atoms with Gasteiger partial charge in [-0.1, -0.05) is 23.7 Å². The smallest absolute Gasteiger partial charge is 0.168 e. The lowest BCUT2D eigenvalue weighted by Gasteiger charge is -2.06. The molecule has 0 bridgehead atoms. The summed E-state index contributed by atoms with van der Waals surface area (Å²) < 4.78 is 1.61. The molecule has 0 atom stereocenters. The Morgan fingerprint density at radius 1 is 1.50 bits per heavy atom. The third-order valence-electron chi connectivity index (χ3n) is 2.75. The molecule has 1 aromatic carbocycles. The van der Waals surface area contributed by atoms with Gasteiger partial charge in [0.2, 0.25) is 0 Å². The topological polar surface area (TPSA) is 79.7 Å². The molecule has 5 nitrogen and oxygen atoms in total. The molecule has 0 aliphatic rings. The van der Waals surface area contributed by atoms with Crippen LogP contribution in [0.4, 0.5) is 11.6 Å². The molecular weight excluding hydrogens is 274 g/mol. The zero-order valence-electron chi connectivity index (χ0n) is 11.4. The normalized spacial score (nSPS) is 10.6. The first-order valence-electron chi connectivity index (χ1n) is 6.28. The van der Waals surface area contributed by atoms with E-state index in [1.807, 2.05) is 38.1 Å². The fourth-order valence-corrected chi connectivity index (χ4v) is 2.10. The number of rotatable bonds is 4. The Morgan fingerprint density at radius 3 is 2.85 bits per heavy atom. The minimum atomic E-state index is 0.177. The minimum absolute atomic E-state index is 0.177. The van der Waals surface area contributed by atoms with Crippen molar-refractivity contribution in [2.75, 3.05) is 11.1 Å². The van der Waals surface area contributed by atoms with Crippen molar-refractivity contribution in [1.82, 2.24) is 9.78 Å². The summed E-state index contributed by atoms with van der Waals surface area (Å²) >= 11 is 5.96. The molecule has 2 rings (SSSR count). The number of anilines is 2. The first-order chi connectivity index (χ1) is 9.51. The average Bonchev–Trinajstić information content (AvgIpc) is 2.64. The monoisotopic (exact) mass is 289 g/mol. The summed E-state index contributed by atoms with van der Waals surface area (Å²) in [6.07, 6.45) is 0. The van der Waals surface area contributed by atoms with Crippen molar-refractivity contribution in [2.24, 2.45) is 0 Å². The third-order valence-corrected chi connectivity index (χ3v) is 2.99. The van der Waals surface area contributed by atoms with Crippen LogP contribution in [0, 0.1) is 11.3 Å². The van der Waals surface area contributed by atoms with Gasteiger partial charge in [-0.25, -0.2) is 4.68 Å². The number of nitrogen functional groups attached to an aromatic ring is 1. The zero-order chi connectivity index (χ0) is 14.7. The SMILES string of the molecule is CC(C)Nc1nn(Cc2cccc(Cl)c2)c(N)c1C#N. The lowest BCUT2D eigenvalue weighted by molar-refractivity contribution is 0.695. The molecule has 2 aromatic rings. The summed E-state index contributed by atoms with van der Waals surface area (Å²) in [5.74, 6) is 0.873. The largest absolute Gasteiger partial charge is 0.383 e. The molecule has 0 spiro atoms. The van der Waals surface area contributed by atoms with Gasteiger partial charge >= 0.3 is 0 Å². The van der Waals surface area contributed by atoms with E-state index < -0.39 is 0 Å². The molecule has 20 heavy (non-hydrogen) atoms. The average molecular weight is 290 g/mol. The number of hydrogen-bond donors (Lipinski definition) is 2. The van der Waals surface area contributed by atoms with Gasteiger partial charge in [0.25, 0.3) is 0 Å². The molecule has 1 heterocycles. The second kappa shape index (κ2) is 5.85. The predicted octanol–water partition coefficient (Wildman–Crippen LogP) is 2.86. The Labute approximate surface area is 123 Å². The van der Waals surface area contributed by atoms with Crippen molar-refractivity contribution in [3.8, 4) is 6.07 Å². The Hall–Kier alpha value is -2.19. The van der Waals surface area contributed by atoms with Crippen LogP contribution in [0.2, 0.25) is 5.02 Å². The molecule has 6 heteroatoms. The van der Waals surface area contributed by atoms with Gasteiger partial charge in [0.05, 0.1) is 6.54 Å². The molecule has 0 radical (unpaired) electrons. The quantitative estimate of drug-likeness (QED) is 0.907. The number of nitrogens with two attached hydrogens (primary N) is 1. The van der Waals surface area contributed by atoms with Crippen molar-refractivity contribution >= 4 is 23.2 Å². The Kier molecular flexibility index (Phi) is 4.16.